The molecule has 0 radical (unpaired) electrons. The summed E-state index contributed by atoms with van der Waals surface area (Å²) in [6.07, 6.45) is 11.7. The van der Waals surface area contributed by atoms with Crippen molar-refractivity contribution in [2.45, 2.75) is 76.7 Å². The fourth-order valence-electron chi connectivity index (χ4n) is 2.26. The molecule has 0 spiro atoms. The molecule has 0 saturated carbocycles. The van der Waals surface area contributed by atoms with Gasteiger partial charge in [0, 0.05) is 13.5 Å². The Hall–Kier alpha value is -0.610. The molecule has 0 fully saturated rings. The number of unbranched alkanes of at least 4 members (excludes halogenated alkanes) is 8. The molecule has 0 aromatic carbocycles. The number of methoxy groups -OCH3 is 2. The number of esters is 1. The molecule has 120 valence electrons. The molecule has 0 rings (SSSR count). The zero-order chi connectivity index (χ0) is 15.1. The van der Waals surface area contributed by atoms with Crippen molar-refractivity contribution in [2.75, 3.05) is 20.8 Å². The number of aliphatic hydroxyl groups is 1. The number of carbonyl (C=O) groups excluding carboxylic acids is 1. The smallest absolute Gasteiger partial charge is 0.305 e. The van der Waals surface area contributed by atoms with Crippen LogP contribution in [0.15, 0.2) is 0 Å². The summed E-state index contributed by atoms with van der Waals surface area (Å²) in [7, 11) is 3.06. The molecule has 20 heavy (non-hydrogen) atoms. The average molecular weight is 288 g/mol. The maximum Gasteiger partial charge on any atom is 0.305 e. The van der Waals surface area contributed by atoms with Gasteiger partial charge in [0.15, 0.2) is 0 Å². The molecule has 1 atom stereocenters. The Labute approximate surface area is 123 Å². The Morgan fingerprint density at radius 2 is 1.40 bits per heavy atom. The van der Waals surface area contributed by atoms with Crippen LogP contribution in [0.4, 0.5) is 0 Å². The first-order chi connectivity index (χ1) is 9.70. The van der Waals surface area contributed by atoms with Gasteiger partial charge in [-0.25, -0.2) is 0 Å². The van der Waals surface area contributed by atoms with Gasteiger partial charge in [0.05, 0.1) is 19.8 Å². The molecule has 0 aromatic heterocycles. The molecule has 0 aromatic rings. The number of hydrogen-bond donors (Lipinski definition) is 1. The van der Waals surface area contributed by atoms with Gasteiger partial charge in [-0.3, -0.25) is 4.79 Å². The number of carbonyl (C=O) groups is 1. The summed E-state index contributed by atoms with van der Waals surface area (Å²) in [5.41, 5.74) is 0. The minimum Gasteiger partial charge on any atom is -0.469 e. The van der Waals surface area contributed by atoms with Crippen molar-refractivity contribution in [1.29, 1.82) is 0 Å². The summed E-state index contributed by atoms with van der Waals surface area (Å²) in [6, 6.07) is 0. The van der Waals surface area contributed by atoms with Crippen LogP contribution >= 0.6 is 0 Å². The van der Waals surface area contributed by atoms with E-state index in [1.54, 1.807) is 7.11 Å². The molecule has 0 bridgehead atoms. The summed E-state index contributed by atoms with van der Waals surface area (Å²) in [5, 5.41) is 9.47. The standard InChI is InChI=1S/C16H32O4/c1-19-14-15(17)12-10-8-6-4-3-5-7-9-11-13-16(18)20-2/h15,17H,3-14H2,1-2H3. The van der Waals surface area contributed by atoms with Gasteiger partial charge in [-0.15, -0.1) is 0 Å². The van der Waals surface area contributed by atoms with Crippen LogP contribution < -0.4 is 0 Å². The molecule has 1 N–H and O–H groups in total. The fourth-order valence-corrected chi connectivity index (χ4v) is 2.26. The Balaban J connectivity index is 3.08. The van der Waals surface area contributed by atoms with E-state index < -0.39 is 0 Å². The Kier molecular flexibility index (Phi) is 14.3. The molecular formula is C16H32O4. The van der Waals surface area contributed by atoms with Gasteiger partial charge >= 0.3 is 5.97 Å². The van der Waals surface area contributed by atoms with Crippen molar-refractivity contribution < 1.29 is 19.4 Å². The highest BCUT2D eigenvalue weighted by atomic mass is 16.5. The van der Waals surface area contributed by atoms with Crippen LogP contribution in [0, 0.1) is 0 Å². The number of hydrogen-bond acceptors (Lipinski definition) is 4. The highest BCUT2D eigenvalue weighted by Crippen LogP contribution is 2.12. The van der Waals surface area contributed by atoms with Crippen molar-refractivity contribution in [2.24, 2.45) is 0 Å². The first-order valence-electron chi connectivity index (χ1n) is 7.94. The first kappa shape index (κ1) is 19.4. The molecule has 0 aliphatic heterocycles. The minimum absolute atomic E-state index is 0.0966. The third kappa shape index (κ3) is 13.8. The number of aliphatic hydroxyl groups excluding tert-OH is 1. The van der Waals surface area contributed by atoms with E-state index in [-0.39, 0.29) is 12.1 Å². The predicted molar refractivity (Wildman–Crippen MR) is 80.7 cm³/mol. The second-order valence-electron chi connectivity index (χ2n) is 5.41. The molecule has 0 aliphatic carbocycles. The Bertz CT molecular complexity index is 219. The first-order valence-corrected chi connectivity index (χ1v) is 7.94. The van der Waals surface area contributed by atoms with Gasteiger partial charge in [0.1, 0.15) is 0 Å². The summed E-state index contributed by atoms with van der Waals surface area (Å²) in [4.78, 5) is 10.9. The normalized spacial score (nSPS) is 12.3. The lowest BCUT2D eigenvalue weighted by molar-refractivity contribution is -0.140. The van der Waals surface area contributed by atoms with E-state index in [0.717, 1.165) is 25.7 Å². The third-order valence-corrected chi connectivity index (χ3v) is 3.50. The van der Waals surface area contributed by atoms with E-state index in [4.69, 9.17) is 4.74 Å². The van der Waals surface area contributed by atoms with Gasteiger partial charge in [-0.05, 0) is 12.8 Å². The SMILES string of the molecule is COCC(O)CCCCCCCCCCCC(=O)OC. The van der Waals surface area contributed by atoms with Crippen molar-refractivity contribution in [3.05, 3.63) is 0 Å². The summed E-state index contributed by atoms with van der Waals surface area (Å²) < 4.78 is 9.49. The van der Waals surface area contributed by atoms with Crippen LogP contribution in [0.1, 0.15) is 70.6 Å². The fraction of sp³-hybridized carbons (Fsp3) is 0.938. The highest BCUT2D eigenvalue weighted by Gasteiger charge is 2.02. The van der Waals surface area contributed by atoms with Crippen LogP contribution in [-0.2, 0) is 14.3 Å². The predicted octanol–water partition coefficient (Wildman–Crippen LogP) is 3.46. The minimum atomic E-state index is -0.296. The second-order valence-corrected chi connectivity index (χ2v) is 5.41. The van der Waals surface area contributed by atoms with Gasteiger partial charge in [0.2, 0.25) is 0 Å². The van der Waals surface area contributed by atoms with Crippen molar-refractivity contribution >= 4 is 5.97 Å². The molecule has 1 unspecified atom stereocenters. The Morgan fingerprint density at radius 1 is 0.900 bits per heavy atom. The van der Waals surface area contributed by atoms with Crippen LogP contribution in [0.3, 0.4) is 0 Å². The summed E-state index contributed by atoms with van der Waals surface area (Å²) in [5.74, 6) is -0.0966. The Morgan fingerprint density at radius 3 is 1.90 bits per heavy atom. The maximum absolute atomic E-state index is 10.9. The quantitative estimate of drug-likeness (QED) is 0.393. The van der Waals surface area contributed by atoms with Crippen LogP contribution in [0.2, 0.25) is 0 Å². The second kappa shape index (κ2) is 14.8. The van der Waals surface area contributed by atoms with Gasteiger partial charge in [-0.2, -0.15) is 0 Å². The van der Waals surface area contributed by atoms with E-state index in [1.807, 2.05) is 0 Å². The van der Waals surface area contributed by atoms with Crippen molar-refractivity contribution in [1.82, 2.24) is 0 Å². The molecule has 0 amide bonds. The van der Waals surface area contributed by atoms with Crippen molar-refractivity contribution in [3.63, 3.8) is 0 Å². The lowest BCUT2D eigenvalue weighted by Crippen LogP contribution is -2.13. The van der Waals surface area contributed by atoms with Gasteiger partial charge < -0.3 is 14.6 Å². The van der Waals surface area contributed by atoms with Gasteiger partial charge in [-0.1, -0.05) is 51.4 Å². The van der Waals surface area contributed by atoms with Gasteiger partial charge in [0.25, 0.3) is 0 Å². The monoisotopic (exact) mass is 288 g/mol. The van der Waals surface area contributed by atoms with E-state index in [9.17, 15) is 9.90 Å². The van der Waals surface area contributed by atoms with E-state index >= 15 is 0 Å². The summed E-state index contributed by atoms with van der Waals surface area (Å²) >= 11 is 0. The van der Waals surface area contributed by atoms with Crippen molar-refractivity contribution in [3.8, 4) is 0 Å². The van der Waals surface area contributed by atoms with E-state index in [2.05, 4.69) is 4.74 Å². The number of rotatable bonds is 14. The third-order valence-electron chi connectivity index (χ3n) is 3.50. The molecule has 0 aliphatic rings. The number of ether oxygens (including phenoxy) is 2. The summed E-state index contributed by atoms with van der Waals surface area (Å²) in [6.45, 7) is 0.450. The largest absolute Gasteiger partial charge is 0.469 e. The van der Waals surface area contributed by atoms with E-state index in [1.165, 1.54) is 45.6 Å². The topological polar surface area (TPSA) is 55.8 Å². The van der Waals surface area contributed by atoms with Crippen LogP contribution in [-0.4, -0.2) is 38.0 Å². The highest BCUT2D eigenvalue weighted by molar-refractivity contribution is 5.68. The molecule has 4 heteroatoms. The zero-order valence-corrected chi connectivity index (χ0v) is 13.2. The molecule has 0 saturated heterocycles. The van der Waals surface area contributed by atoms with E-state index in [0.29, 0.717) is 13.0 Å². The molecule has 4 nitrogen and oxygen atoms in total. The zero-order valence-electron chi connectivity index (χ0n) is 13.2. The average Bonchev–Trinajstić information content (AvgIpc) is 2.44. The van der Waals surface area contributed by atoms with Crippen LogP contribution in [0.5, 0.6) is 0 Å². The lowest BCUT2D eigenvalue weighted by atomic mass is 10.0. The molecule has 0 heterocycles. The maximum atomic E-state index is 10.9. The van der Waals surface area contributed by atoms with Crippen LogP contribution in [0.25, 0.3) is 0 Å². The lowest BCUT2D eigenvalue weighted by Gasteiger charge is -2.08. The molecular weight excluding hydrogens is 256 g/mol.